The van der Waals surface area contributed by atoms with E-state index in [1.807, 2.05) is 31.2 Å². The van der Waals surface area contributed by atoms with Crippen molar-refractivity contribution in [2.45, 2.75) is 57.9 Å². The number of nitrogens with one attached hydrogen (secondary N) is 2. The van der Waals surface area contributed by atoms with Gasteiger partial charge in [-0.05, 0) is 49.9 Å². The molecule has 1 aliphatic rings. The Morgan fingerprint density at radius 2 is 1.81 bits per heavy atom. The predicted octanol–water partition coefficient (Wildman–Crippen LogP) is 4.55. The molecule has 6 heteroatoms. The Balaban J connectivity index is 1.57. The van der Waals surface area contributed by atoms with Crippen molar-refractivity contribution in [3.8, 4) is 0 Å². The number of hydrogen-bond acceptors (Lipinski definition) is 4. The maximum atomic E-state index is 12.6. The molecule has 1 aromatic carbocycles. The van der Waals surface area contributed by atoms with Crippen molar-refractivity contribution in [2.24, 2.45) is 0 Å². The van der Waals surface area contributed by atoms with Crippen LogP contribution in [-0.4, -0.2) is 28.5 Å². The zero-order valence-corrected chi connectivity index (χ0v) is 16.6. The SMILES string of the molecule is Cc1cc(C(=O)NC2CCCCCC2)nc(NCCc2ccc(Cl)cc2)n1. The van der Waals surface area contributed by atoms with Gasteiger partial charge in [0.25, 0.3) is 5.91 Å². The van der Waals surface area contributed by atoms with E-state index in [1.165, 1.54) is 31.2 Å². The maximum absolute atomic E-state index is 12.6. The minimum atomic E-state index is -0.104. The number of rotatable bonds is 6. The third kappa shape index (κ3) is 6.21. The van der Waals surface area contributed by atoms with Gasteiger partial charge in [0, 0.05) is 23.3 Å². The number of halogens is 1. The molecule has 5 nitrogen and oxygen atoms in total. The van der Waals surface area contributed by atoms with E-state index in [-0.39, 0.29) is 11.9 Å². The lowest BCUT2D eigenvalue weighted by Gasteiger charge is -2.16. The van der Waals surface area contributed by atoms with Crippen LogP contribution in [-0.2, 0) is 6.42 Å². The second-order valence-corrected chi connectivity index (χ2v) is 7.62. The molecule has 0 spiro atoms. The van der Waals surface area contributed by atoms with Gasteiger partial charge in [-0.2, -0.15) is 0 Å². The summed E-state index contributed by atoms with van der Waals surface area (Å²) in [5.41, 5.74) is 2.40. The van der Waals surface area contributed by atoms with Gasteiger partial charge in [-0.15, -0.1) is 0 Å². The van der Waals surface area contributed by atoms with Crippen LogP contribution in [0.4, 0.5) is 5.95 Å². The van der Waals surface area contributed by atoms with Crippen LogP contribution in [0.2, 0.25) is 5.02 Å². The lowest BCUT2D eigenvalue weighted by atomic mass is 10.1. The lowest BCUT2D eigenvalue weighted by Crippen LogP contribution is -2.35. The van der Waals surface area contributed by atoms with Crippen LogP contribution in [0.5, 0.6) is 0 Å². The summed E-state index contributed by atoms with van der Waals surface area (Å²) in [5, 5.41) is 7.10. The smallest absolute Gasteiger partial charge is 0.270 e. The molecule has 0 aliphatic heterocycles. The van der Waals surface area contributed by atoms with Gasteiger partial charge in [0.2, 0.25) is 5.95 Å². The van der Waals surface area contributed by atoms with Gasteiger partial charge in [-0.3, -0.25) is 4.79 Å². The summed E-state index contributed by atoms with van der Waals surface area (Å²) < 4.78 is 0. The average molecular weight is 387 g/mol. The highest BCUT2D eigenvalue weighted by molar-refractivity contribution is 6.30. The Labute approximate surface area is 166 Å². The van der Waals surface area contributed by atoms with E-state index in [2.05, 4.69) is 20.6 Å². The van der Waals surface area contributed by atoms with Crippen LogP contribution in [0.1, 0.15) is 60.3 Å². The summed E-state index contributed by atoms with van der Waals surface area (Å²) in [7, 11) is 0. The molecule has 3 rings (SSSR count). The molecule has 0 saturated heterocycles. The number of carbonyl (C=O) groups is 1. The van der Waals surface area contributed by atoms with Crippen LogP contribution in [0, 0.1) is 6.92 Å². The summed E-state index contributed by atoms with van der Waals surface area (Å²) in [6.07, 6.45) is 7.85. The monoisotopic (exact) mass is 386 g/mol. The first-order valence-electron chi connectivity index (χ1n) is 9.75. The highest BCUT2D eigenvalue weighted by atomic mass is 35.5. The van der Waals surface area contributed by atoms with Gasteiger partial charge in [0.15, 0.2) is 0 Å². The molecule has 1 saturated carbocycles. The van der Waals surface area contributed by atoms with Gasteiger partial charge in [0.1, 0.15) is 5.69 Å². The first-order valence-corrected chi connectivity index (χ1v) is 10.1. The number of aryl methyl sites for hydroxylation is 1. The van der Waals surface area contributed by atoms with Crippen molar-refractivity contribution in [2.75, 3.05) is 11.9 Å². The minimum absolute atomic E-state index is 0.104. The Hall–Kier alpha value is -2.14. The summed E-state index contributed by atoms with van der Waals surface area (Å²) in [6.45, 7) is 2.57. The van der Waals surface area contributed by atoms with E-state index in [1.54, 1.807) is 6.07 Å². The van der Waals surface area contributed by atoms with E-state index in [9.17, 15) is 4.79 Å². The summed E-state index contributed by atoms with van der Waals surface area (Å²) in [4.78, 5) is 21.4. The standard InChI is InChI=1S/C21H27ClN4O/c1-15-14-19(20(27)25-18-6-4-2-3-5-7-18)26-21(24-15)23-13-12-16-8-10-17(22)11-9-16/h8-11,14,18H,2-7,12-13H2,1H3,(H,25,27)(H,23,24,26). The third-order valence-electron chi connectivity index (χ3n) is 4.89. The van der Waals surface area contributed by atoms with Crippen LogP contribution >= 0.6 is 11.6 Å². The van der Waals surface area contributed by atoms with Gasteiger partial charge in [0.05, 0.1) is 0 Å². The minimum Gasteiger partial charge on any atom is -0.354 e. The molecule has 0 unspecified atom stereocenters. The fraction of sp³-hybridized carbons (Fsp3) is 0.476. The normalized spacial score (nSPS) is 15.2. The third-order valence-corrected chi connectivity index (χ3v) is 5.14. The van der Waals surface area contributed by atoms with Crippen molar-refractivity contribution in [1.82, 2.24) is 15.3 Å². The topological polar surface area (TPSA) is 66.9 Å². The first-order chi connectivity index (χ1) is 13.1. The Kier molecular flexibility index (Phi) is 7.04. The Morgan fingerprint density at radius 1 is 1.11 bits per heavy atom. The van der Waals surface area contributed by atoms with E-state index in [4.69, 9.17) is 11.6 Å². The van der Waals surface area contributed by atoms with E-state index >= 15 is 0 Å². The molecule has 27 heavy (non-hydrogen) atoms. The molecule has 144 valence electrons. The zero-order valence-electron chi connectivity index (χ0n) is 15.8. The maximum Gasteiger partial charge on any atom is 0.270 e. The van der Waals surface area contributed by atoms with E-state index in [0.29, 0.717) is 18.2 Å². The second-order valence-electron chi connectivity index (χ2n) is 7.18. The quantitative estimate of drug-likeness (QED) is 0.715. The number of benzene rings is 1. The molecule has 1 aliphatic carbocycles. The fourth-order valence-corrected chi connectivity index (χ4v) is 3.54. The number of amides is 1. The van der Waals surface area contributed by atoms with Gasteiger partial charge >= 0.3 is 0 Å². The van der Waals surface area contributed by atoms with Crippen LogP contribution in [0.25, 0.3) is 0 Å². The lowest BCUT2D eigenvalue weighted by molar-refractivity contribution is 0.0928. The molecule has 1 aromatic heterocycles. The molecule has 2 N–H and O–H groups in total. The molecule has 1 fully saturated rings. The van der Waals surface area contributed by atoms with E-state index in [0.717, 1.165) is 30.0 Å². The summed E-state index contributed by atoms with van der Waals surface area (Å²) in [6, 6.07) is 9.79. The predicted molar refractivity (Wildman–Crippen MR) is 109 cm³/mol. The van der Waals surface area contributed by atoms with Crippen molar-refractivity contribution in [3.05, 3.63) is 52.3 Å². The van der Waals surface area contributed by atoms with Crippen molar-refractivity contribution in [3.63, 3.8) is 0 Å². The number of aromatic nitrogens is 2. The molecule has 2 aromatic rings. The van der Waals surface area contributed by atoms with Crippen LogP contribution < -0.4 is 10.6 Å². The summed E-state index contributed by atoms with van der Waals surface area (Å²) >= 11 is 5.91. The zero-order chi connectivity index (χ0) is 19.1. The van der Waals surface area contributed by atoms with Crippen LogP contribution in [0.15, 0.2) is 30.3 Å². The van der Waals surface area contributed by atoms with Gasteiger partial charge < -0.3 is 10.6 Å². The molecule has 0 atom stereocenters. The number of anilines is 1. The first kappa shape index (κ1) is 19.6. The Morgan fingerprint density at radius 3 is 2.52 bits per heavy atom. The molecular weight excluding hydrogens is 360 g/mol. The number of hydrogen-bond donors (Lipinski definition) is 2. The van der Waals surface area contributed by atoms with Crippen molar-refractivity contribution in [1.29, 1.82) is 0 Å². The van der Waals surface area contributed by atoms with Crippen LogP contribution in [0.3, 0.4) is 0 Å². The van der Waals surface area contributed by atoms with Crippen molar-refractivity contribution < 1.29 is 4.79 Å². The van der Waals surface area contributed by atoms with Gasteiger partial charge in [-0.1, -0.05) is 49.4 Å². The molecule has 0 radical (unpaired) electrons. The molecule has 1 heterocycles. The Bertz CT molecular complexity index is 755. The molecule has 1 amide bonds. The summed E-state index contributed by atoms with van der Waals surface area (Å²) in [5.74, 6) is 0.392. The van der Waals surface area contributed by atoms with Crippen molar-refractivity contribution >= 4 is 23.5 Å². The van der Waals surface area contributed by atoms with Gasteiger partial charge in [-0.25, -0.2) is 9.97 Å². The second kappa shape index (κ2) is 9.70. The number of carbonyl (C=O) groups excluding carboxylic acids is 1. The largest absolute Gasteiger partial charge is 0.354 e. The molecule has 0 bridgehead atoms. The fourth-order valence-electron chi connectivity index (χ4n) is 3.42. The number of nitrogens with zero attached hydrogens (tertiary/aromatic N) is 2. The highest BCUT2D eigenvalue weighted by Crippen LogP contribution is 2.18. The highest BCUT2D eigenvalue weighted by Gasteiger charge is 2.17. The molecular formula is C21H27ClN4O. The van der Waals surface area contributed by atoms with E-state index < -0.39 is 0 Å². The average Bonchev–Trinajstić information content (AvgIpc) is 2.91.